The number of hydrogen-bond acceptors (Lipinski definition) is 5. The first-order valence-electron chi connectivity index (χ1n) is 9.44. The van der Waals surface area contributed by atoms with Crippen molar-refractivity contribution in [2.24, 2.45) is 4.99 Å². The van der Waals surface area contributed by atoms with Crippen LogP contribution in [0.15, 0.2) is 34.6 Å². The third-order valence-corrected chi connectivity index (χ3v) is 5.05. The van der Waals surface area contributed by atoms with E-state index in [0.29, 0.717) is 37.8 Å². The van der Waals surface area contributed by atoms with Crippen LogP contribution in [0.25, 0.3) is 0 Å². The zero-order valence-corrected chi connectivity index (χ0v) is 17.1. The lowest BCUT2D eigenvalue weighted by atomic mass is 10.2. The Balaban J connectivity index is 1.52. The number of anilines is 1. The quantitative estimate of drug-likeness (QED) is 0.392. The van der Waals surface area contributed by atoms with Crippen molar-refractivity contribution in [3.8, 4) is 5.75 Å². The fourth-order valence-corrected chi connectivity index (χ4v) is 3.57. The van der Waals surface area contributed by atoms with Gasteiger partial charge in [-0.25, -0.2) is 9.98 Å². The molecule has 0 bridgehead atoms. The average Bonchev–Trinajstić information content (AvgIpc) is 3.20. The molecular weight excluding hydrogens is 419 g/mol. The van der Waals surface area contributed by atoms with Crippen LogP contribution in [0.4, 0.5) is 18.9 Å². The van der Waals surface area contributed by atoms with Crippen LogP contribution in [0.2, 0.25) is 0 Å². The van der Waals surface area contributed by atoms with E-state index >= 15 is 0 Å². The van der Waals surface area contributed by atoms with Crippen LogP contribution in [0.3, 0.4) is 0 Å². The maximum atomic E-state index is 12.6. The van der Waals surface area contributed by atoms with Gasteiger partial charge in [0.2, 0.25) is 0 Å². The minimum Gasteiger partial charge on any atom is -0.482 e. The smallest absolute Gasteiger partial charge is 0.434 e. The van der Waals surface area contributed by atoms with Crippen molar-refractivity contribution in [2.45, 2.75) is 26.1 Å². The molecule has 162 valence electrons. The molecule has 0 radical (unpaired) electrons. The Kier molecular flexibility index (Phi) is 7.14. The van der Waals surface area contributed by atoms with Gasteiger partial charge in [0.25, 0.3) is 5.91 Å². The van der Waals surface area contributed by atoms with E-state index in [1.165, 1.54) is 0 Å². The highest BCUT2D eigenvalue weighted by Crippen LogP contribution is 2.31. The first kappa shape index (κ1) is 21.9. The molecule has 0 spiro atoms. The number of benzene rings is 1. The van der Waals surface area contributed by atoms with Crippen molar-refractivity contribution in [1.29, 1.82) is 0 Å². The van der Waals surface area contributed by atoms with E-state index in [4.69, 9.17) is 4.74 Å². The lowest BCUT2D eigenvalue weighted by Crippen LogP contribution is -2.42. The zero-order chi connectivity index (χ0) is 21.6. The Hall–Kier alpha value is -2.82. The monoisotopic (exact) mass is 441 g/mol. The molecule has 1 aliphatic rings. The van der Waals surface area contributed by atoms with Crippen molar-refractivity contribution in [1.82, 2.24) is 15.6 Å². The van der Waals surface area contributed by atoms with Gasteiger partial charge >= 0.3 is 6.18 Å². The first-order chi connectivity index (χ1) is 14.4. The highest BCUT2D eigenvalue weighted by atomic mass is 32.1. The minimum absolute atomic E-state index is 0.0161. The number of nitrogens with zero attached hydrogens (tertiary/aromatic N) is 3. The van der Waals surface area contributed by atoms with Crippen LogP contribution in [0, 0.1) is 0 Å². The average molecular weight is 441 g/mol. The summed E-state index contributed by atoms with van der Waals surface area (Å²) in [5.41, 5.74) is -0.148. The molecular formula is C19H22F3N5O2S. The maximum Gasteiger partial charge on any atom is 0.434 e. The Morgan fingerprint density at radius 3 is 2.87 bits per heavy atom. The van der Waals surface area contributed by atoms with Crippen LogP contribution < -0.4 is 20.3 Å². The van der Waals surface area contributed by atoms with Gasteiger partial charge in [0, 0.05) is 25.0 Å². The van der Waals surface area contributed by atoms with Crippen LogP contribution in [0.1, 0.15) is 24.0 Å². The van der Waals surface area contributed by atoms with Gasteiger partial charge in [0.05, 0.1) is 12.2 Å². The molecule has 7 nitrogen and oxygen atoms in total. The van der Waals surface area contributed by atoms with Gasteiger partial charge in [-0.3, -0.25) is 4.79 Å². The molecule has 1 aliphatic heterocycles. The molecule has 1 amide bonds. The van der Waals surface area contributed by atoms with Crippen molar-refractivity contribution >= 4 is 28.9 Å². The van der Waals surface area contributed by atoms with Gasteiger partial charge in [-0.2, -0.15) is 13.2 Å². The largest absolute Gasteiger partial charge is 0.482 e. The topological polar surface area (TPSA) is 78.9 Å². The highest BCUT2D eigenvalue weighted by molar-refractivity contribution is 7.09. The Bertz CT molecular complexity index is 900. The van der Waals surface area contributed by atoms with Crippen LogP contribution in [-0.2, 0) is 17.5 Å². The molecule has 0 aliphatic carbocycles. The van der Waals surface area contributed by atoms with E-state index in [2.05, 4.69) is 20.6 Å². The minimum atomic E-state index is -4.45. The van der Waals surface area contributed by atoms with Crippen LogP contribution in [0.5, 0.6) is 5.75 Å². The predicted molar refractivity (Wildman–Crippen MR) is 109 cm³/mol. The standard InChI is InChI=1S/C19H22F3N5O2S/c1-2-23-18(25-10-16-26-15(12-30-16)19(20,21)22)24-8-5-9-27-13-6-3-4-7-14(13)29-11-17(27)28/h3-4,6-7,12H,2,5,8-11H2,1H3,(H2,23,24,25). The van der Waals surface area contributed by atoms with Crippen molar-refractivity contribution in [2.75, 3.05) is 31.1 Å². The number of amides is 1. The molecule has 3 rings (SSSR count). The third-order valence-electron chi connectivity index (χ3n) is 4.22. The number of para-hydroxylation sites is 2. The summed E-state index contributed by atoms with van der Waals surface area (Å²) in [5, 5.41) is 7.45. The number of hydrogen-bond donors (Lipinski definition) is 2. The lowest BCUT2D eigenvalue weighted by molar-refractivity contribution is -0.140. The maximum absolute atomic E-state index is 12.6. The Morgan fingerprint density at radius 2 is 2.13 bits per heavy atom. The number of alkyl halides is 3. The fourth-order valence-electron chi connectivity index (χ4n) is 2.85. The van der Waals surface area contributed by atoms with E-state index in [1.807, 2.05) is 31.2 Å². The molecule has 0 saturated heterocycles. The molecule has 2 heterocycles. The Morgan fingerprint density at radius 1 is 1.33 bits per heavy atom. The molecule has 11 heteroatoms. The Labute approximate surface area is 176 Å². The fraction of sp³-hybridized carbons (Fsp3) is 0.421. The summed E-state index contributed by atoms with van der Waals surface area (Å²) >= 11 is 0.928. The van der Waals surface area contributed by atoms with Crippen molar-refractivity contribution in [3.63, 3.8) is 0 Å². The molecule has 30 heavy (non-hydrogen) atoms. The number of halogens is 3. The third kappa shape index (κ3) is 5.62. The molecule has 0 saturated carbocycles. The van der Waals surface area contributed by atoms with E-state index in [9.17, 15) is 18.0 Å². The summed E-state index contributed by atoms with van der Waals surface area (Å²) in [5.74, 6) is 1.06. The summed E-state index contributed by atoms with van der Waals surface area (Å²) in [6.07, 6.45) is -3.79. The van der Waals surface area contributed by atoms with E-state index < -0.39 is 11.9 Å². The number of rotatable bonds is 7. The number of thiazole rings is 1. The second-order valence-electron chi connectivity index (χ2n) is 6.40. The van der Waals surface area contributed by atoms with Crippen LogP contribution >= 0.6 is 11.3 Å². The number of nitrogens with one attached hydrogen (secondary N) is 2. The molecule has 2 aromatic rings. The number of ether oxygens (including phenoxy) is 1. The summed E-state index contributed by atoms with van der Waals surface area (Å²) in [6.45, 7) is 3.60. The van der Waals surface area contributed by atoms with Gasteiger partial charge in [0.15, 0.2) is 18.3 Å². The van der Waals surface area contributed by atoms with Crippen molar-refractivity contribution in [3.05, 3.63) is 40.3 Å². The number of fused-ring (bicyclic) bond motifs is 1. The molecule has 0 atom stereocenters. The molecule has 0 fully saturated rings. The van der Waals surface area contributed by atoms with Crippen molar-refractivity contribution < 1.29 is 22.7 Å². The zero-order valence-electron chi connectivity index (χ0n) is 16.3. The molecule has 2 N–H and O–H groups in total. The summed E-state index contributed by atoms with van der Waals surface area (Å²) in [6, 6.07) is 7.37. The number of guanidine groups is 1. The van der Waals surface area contributed by atoms with Gasteiger partial charge in [-0.1, -0.05) is 12.1 Å². The van der Waals surface area contributed by atoms with Gasteiger partial charge < -0.3 is 20.3 Å². The first-order valence-corrected chi connectivity index (χ1v) is 10.3. The van der Waals surface area contributed by atoms with Gasteiger partial charge in [0.1, 0.15) is 10.8 Å². The molecule has 1 aromatic heterocycles. The molecule has 1 aromatic carbocycles. The number of aromatic nitrogens is 1. The summed E-state index contributed by atoms with van der Waals surface area (Å²) < 4.78 is 43.4. The van der Waals surface area contributed by atoms with Gasteiger partial charge in [-0.05, 0) is 25.5 Å². The number of carbonyl (C=O) groups is 1. The second kappa shape index (κ2) is 9.79. The van der Waals surface area contributed by atoms with E-state index in [1.54, 1.807) is 4.90 Å². The van der Waals surface area contributed by atoms with E-state index in [0.717, 1.165) is 22.4 Å². The number of carbonyl (C=O) groups excluding carboxylic acids is 1. The lowest BCUT2D eigenvalue weighted by Gasteiger charge is -2.29. The molecule has 0 unspecified atom stereocenters. The second-order valence-corrected chi connectivity index (χ2v) is 7.34. The number of aliphatic imine (C=N–C) groups is 1. The summed E-state index contributed by atoms with van der Waals surface area (Å²) in [7, 11) is 0. The van der Waals surface area contributed by atoms with Crippen LogP contribution in [-0.4, -0.2) is 43.1 Å². The SMILES string of the molecule is CCNC(=NCc1nc(C(F)(F)F)cs1)NCCCN1C(=O)COc2ccccc21. The normalized spacial score (nSPS) is 14.3. The van der Waals surface area contributed by atoms with E-state index in [-0.39, 0.29) is 24.1 Å². The highest BCUT2D eigenvalue weighted by Gasteiger charge is 2.33. The summed E-state index contributed by atoms with van der Waals surface area (Å²) in [4.78, 5) is 21.7. The van der Waals surface area contributed by atoms with Gasteiger partial charge in [-0.15, -0.1) is 11.3 Å². The predicted octanol–water partition coefficient (Wildman–Crippen LogP) is 3.03.